The first-order chi connectivity index (χ1) is 11.2. The van der Waals surface area contributed by atoms with Crippen molar-refractivity contribution in [3.8, 4) is 5.69 Å². The van der Waals surface area contributed by atoms with Crippen LogP contribution in [-0.2, 0) is 4.79 Å². The van der Waals surface area contributed by atoms with Crippen LogP contribution in [0.4, 0.5) is 0 Å². The van der Waals surface area contributed by atoms with Gasteiger partial charge in [0.2, 0.25) is 5.91 Å². The molecular weight excluding hydrogens is 286 g/mol. The number of para-hydroxylation sites is 1. The molecule has 1 N–H and O–H groups in total. The van der Waals surface area contributed by atoms with Crippen molar-refractivity contribution in [2.24, 2.45) is 5.92 Å². The molecule has 1 saturated carbocycles. The van der Waals surface area contributed by atoms with Gasteiger partial charge in [0, 0.05) is 23.9 Å². The molecule has 1 aliphatic rings. The lowest BCUT2D eigenvalue weighted by atomic mass is 9.86. The predicted molar refractivity (Wildman–Crippen MR) is 92.2 cm³/mol. The predicted octanol–water partition coefficient (Wildman–Crippen LogP) is 3.58. The minimum Gasteiger partial charge on any atom is -0.350 e. The summed E-state index contributed by atoms with van der Waals surface area (Å²) in [5.74, 6) is 0.554. The Bertz CT molecular complexity index is 675. The quantitative estimate of drug-likeness (QED) is 0.878. The third kappa shape index (κ3) is 4.09. The van der Waals surface area contributed by atoms with Crippen LogP contribution < -0.4 is 5.32 Å². The third-order valence-corrected chi connectivity index (χ3v) is 4.49. The number of hydrogen-bond donors (Lipinski definition) is 1. The largest absolute Gasteiger partial charge is 0.350 e. The number of rotatable bonds is 4. The van der Waals surface area contributed by atoms with Gasteiger partial charge in [0.05, 0.1) is 11.9 Å². The summed E-state index contributed by atoms with van der Waals surface area (Å²) < 4.78 is 1.81. The Morgan fingerprint density at radius 3 is 2.83 bits per heavy atom. The minimum absolute atomic E-state index is 0.0174. The summed E-state index contributed by atoms with van der Waals surface area (Å²) >= 11 is 0. The molecule has 0 bridgehead atoms. The Kier molecular flexibility index (Phi) is 4.91. The van der Waals surface area contributed by atoms with Crippen LogP contribution in [0.2, 0.25) is 0 Å². The molecule has 23 heavy (non-hydrogen) atoms. The summed E-state index contributed by atoms with van der Waals surface area (Å²) in [6.07, 6.45) is 11.9. The monoisotopic (exact) mass is 309 g/mol. The number of carbonyl (C=O) groups is 1. The van der Waals surface area contributed by atoms with Gasteiger partial charge in [-0.1, -0.05) is 38.0 Å². The van der Waals surface area contributed by atoms with Gasteiger partial charge in [-0.3, -0.25) is 4.79 Å². The molecule has 1 fully saturated rings. The summed E-state index contributed by atoms with van der Waals surface area (Å²) in [5.41, 5.74) is 1.92. The molecule has 4 heteroatoms. The van der Waals surface area contributed by atoms with Gasteiger partial charge in [0.15, 0.2) is 0 Å². The molecular formula is C19H23N3O. The first kappa shape index (κ1) is 15.5. The fourth-order valence-corrected chi connectivity index (χ4v) is 3.08. The van der Waals surface area contributed by atoms with Crippen molar-refractivity contribution in [2.75, 3.05) is 0 Å². The second-order valence-corrected chi connectivity index (χ2v) is 6.26. The molecule has 0 saturated heterocycles. The first-order valence-corrected chi connectivity index (χ1v) is 8.31. The second-order valence-electron chi connectivity index (χ2n) is 6.26. The molecule has 4 nitrogen and oxygen atoms in total. The van der Waals surface area contributed by atoms with Crippen LogP contribution in [0.15, 0.2) is 48.8 Å². The molecule has 0 aliphatic heterocycles. The molecule has 2 aromatic rings. The molecule has 1 aromatic carbocycles. The lowest BCUT2D eigenvalue weighted by Crippen LogP contribution is -2.40. The molecule has 2 atom stereocenters. The summed E-state index contributed by atoms with van der Waals surface area (Å²) in [6.45, 7) is 2.22. The van der Waals surface area contributed by atoms with Crippen LogP contribution in [0.1, 0.15) is 38.2 Å². The van der Waals surface area contributed by atoms with Crippen LogP contribution in [-0.4, -0.2) is 21.7 Å². The van der Waals surface area contributed by atoms with E-state index in [0.717, 1.165) is 17.7 Å². The number of aromatic nitrogens is 2. The Morgan fingerprint density at radius 1 is 1.26 bits per heavy atom. The van der Waals surface area contributed by atoms with Gasteiger partial charge >= 0.3 is 0 Å². The van der Waals surface area contributed by atoms with Crippen molar-refractivity contribution in [3.05, 3.63) is 54.4 Å². The highest BCUT2D eigenvalue weighted by Crippen LogP contribution is 2.23. The van der Waals surface area contributed by atoms with Crippen molar-refractivity contribution >= 4 is 12.0 Å². The van der Waals surface area contributed by atoms with Crippen molar-refractivity contribution in [2.45, 2.75) is 38.6 Å². The maximum Gasteiger partial charge on any atom is 0.244 e. The van der Waals surface area contributed by atoms with Gasteiger partial charge in [0.1, 0.15) is 0 Å². The molecule has 1 heterocycles. The molecule has 1 aromatic heterocycles. The molecule has 1 amide bonds. The smallest absolute Gasteiger partial charge is 0.244 e. The van der Waals surface area contributed by atoms with Crippen LogP contribution in [0, 0.1) is 5.92 Å². The van der Waals surface area contributed by atoms with E-state index in [9.17, 15) is 4.79 Å². The lowest BCUT2D eigenvalue weighted by Gasteiger charge is -2.29. The molecule has 0 radical (unpaired) electrons. The number of benzene rings is 1. The molecule has 1 aliphatic carbocycles. The van der Waals surface area contributed by atoms with Gasteiger partial charge in [-0.05, 0) is 37.0 Å². The average Bonchev–Trinajstić information content (AvgIpc) is 3.05. The zero-order chi connectivity index (χ0) is 16.1. The number of hydrogen-bond acceptors (Lipinski definition) is 2. The molecule has 0 spiro atoms. The van der Waals surface area contributed by atoms with Crippen molar-refractivity contribution in [1.82, 2.24) is 15.1 Å². The van der Waals surface area contributed by atoms with Gasteiger partial charge in [-0.15, -0.1) is 0 Å². The van der Waals surface area contributed by atoms with Crippen LogP contribution in [0.5, 0.6) is 0 Å². The van der Waals surface area contributed by atoms with E-state index in [0.29, 0.717) is 12.0 Å². The number of amides is 1. The van der Waals surface area contributed by atoms with E-state index in [2.05, 4.69) is 17.3 Å². The Labute approximate surface area is 137 Å². The van der Waals surface area contributed by atoms with E-state index in [4.69, 9.17) is 0 Å². The zero-order valence-electron chi connectivity index (χ0n) is 13.5. The summed E-state index contributed by atoms with van der Waals surface area (Å²) in [4.78, 5) is 12.1. The van der Waals surface area contributed by atoms with Crippen LogP contribution in [0.25, 0.3) is 11.8 Å². The van der Waals surface area contributed by atoms with E-state index in [1.54, 1.807) is 17.0 Å². The van der Waals surface area contributed by atoms with Crippen molar-refractivity contribution < 1.29 is 4.79 Å². The van der Waals surface area contributed by atoms with Gasteiger partial charge in [0.25, 0.3) is 0 Å². The topological polar surface area (TPSA) is 46.9 Å². The van der Waals surface area contributed by atoms with Crippen LogP contribution >= 0.6 is 0 Å². The Balaban J connectivity index is 1.59. The van der Waals surface area contributed by atoms with Crippen molar-refractivity contribution in [3.63, 3.8) is 0 Å². The van der Waals surface area contributed by atoms with Crippen molar-refractivity contribution in [1.29, 1.82) is 0 Å². The Morgan fingerprint density at radius 2 is 2.04 bits per heavy atom. The fraction of sp³-hybridized carbons (Fsp3) is 0.368. The zero-order valence-corrected chi connectivity index (χ0v) is 13.5. The summed E-state index contributed by atoms with van der Waals surface area (Å²) in [7, 11) is 0. The number of nitrogens with one attached hydrogen (secondary N) is 1. The lowest BCUT2D eigenvalue weighted by molar-refractivity contribution is -0.117. The van der Waals surface area contributed by atoms with E-state index in [1.165, 1.54) is 19.3 Å². The van der Waals surface area contributed by atoms with E-state index >= 15 is 0 Å². The fourth-order valence-electron chi connectivity index (χ4n) is 3.08. The van der Waals surface area contributed by atoms with Gasteiger partial charge < -0.3 is 5.32 Å². The highest BCUT2D eigenvalue weighted by molar-refractivity contribution is 5.91. The SMILES string of the molecule is C[C@@H]1CCCC[C@H]1NC(=O)/C=C/c1cnn(-c2ccccc2)c1. The summed E-state index contributed by atoms with van der Waals surface area (Å²) in [6, 6.07) is 10.2. The van der Waals surface area contributed by atoms with Gasteiger partial charge in [-0.2, -0.15) is 5.10 Å². The minimum atomic E-state index is -0.0174. The molecule has 3 rings (SSSR count). The highest BCUT2D eigenvalue weighted by atomic mass is 16.1. The average molecular weight is 309 g/mol. The van der Waals surface area contributed by atoms with Crippen LogP contribution in [0.3, 0.4) is 0 Å². The Hall–Kier alpha value is -2.36. The first-order valence-electron chi connectivity index (χ1n) is 8.31. The van der Waals surface area contributed by atoms with E-state index < -0.39 is 0 Å². The third-order valence-electron chi connectivity index (χ3n) is 4.49. The summed E-state index contributed by atoms with van der Waals surface area (Å²) in [5, 5.41) is 7.45. The number of nitrogens with zero attached hydrogens (tertiary/aromatic N) is 2. The maximum atomic E-state index is 12.1. The highest BCUT2D eigenvalue weighted by Gasteiger charge is 2.21. The number of carbonyl (C=O) groups excluding carboxylic acids is 1. The normalized spacial score (nSPS) is 21.4. The second kappa shape index (κ2) is 7.27. The van der Waals surface area contributed by atoms with E-state index in [1.807, 2.05) is 42.6 Å². The maximum absolute atomic E-state index is 12.1. The van der Waals surface area contributed by atoms with E-state index in [-0.39, 0.29) is 5.91 Å². The standard InChI is InChI=1S/C19H23N3O/c1-15-7-5-6-10-18(15)21-19(23)12-11-16-13-20-22(14-16)17-8-3-2-4-9-17/h2-4,8-9,11-15,18H,5-7,10H2,1H3,(H,21,23)/b12-11+/t15-,18-/m1/s1. The molecule has 0 unspecified atom stereocenters. The molecule has 120 valence electrons. The van der Waals surface area contributed by atoms with Gasteiger partial charge in [-0.25, -0.2) is 4.68 Å².